The molecule has 0 unspecified atom stereocenters. The van der Waals surface area contributed by atoms with Crippen molar-refractivity contribution in [1.82, 2.24) is 4.31 Å². The lowest BCUT2D eigenvalue weighted by Gasteiger charge is -2.35. The van der Waals surface area contributed by atoms with Crippen molar-refractivity contribution >= 4 is 10.0 Å². The van der Waals surface area contributed by atoms with Crippen LogP contribution in [0.4, 0.5) is 0 Å². The van der Waals surface area contributed by atoms with Gasteiger partial charge in [0.1, 0.15) is 12.9 Å². The Labute approximate surface area is 200 Å². The Kier molecular flexibility index (Phi) is 6.39. The number of hydrogen-bond donors (Lipinski definition) is 0. The summed E-state index contributed by atoms with van der Waals surface area (Å²) in [4.78, 5) is 0.288. The molecule has 5 rings (SSSR count). The zero-order valence-corrected chi connectivity index (χ0v) is 20.3. The Morgan fingerprint density at radius 2 is 1.82 bits per heavy atom. The van der Waals surface area contributed by atoms with E-state index in [-0.39, 0.29) is 42.6 Å². The molecule has 0 aromatic heterocycles. The second-order valence-corrected chi connectivity index (χ2v) is 10.7. The van der Waals surface area contributed by atoms with E-state index in [0.29, 0.717) is 24.5 Å². The molecule has 34 heavy (non-hydrogen) atoms. The molecule has 2 aliphatic heterocycles. The predicted molar refractivity (Wildman–Crippen MR) is 124 cm³/mol. The maximum atomic E-state index is 13.8. The lowest BCUT2D eigenvalue weighted by molar-refractivity contribution is -0.108. The van der Waals surface area contributed by atoms with Crippen molar-refractivity contribution in [3.63, 3.8) is 0 Å². The van der Waals surface area contributed by atoms with Gasteiger partial charge in [-0.2, -0.15) is 4.31 Å². The van der Waals surface area contributed by atoms with Crippen molar-refractivity contribution in [3.05, 3.63) is 65.2 Å². The minimum atomic E-state index is -3.73. The summed E-state index contributed by atoms with van der Waals surface area (Å²) in [5.74, 6) is 1.22. The van der Waals surface area contributed by atoms with Crippen LogP contribution in [0.25, 0.3) is 0 Å². The summed E-state index contributed by atoms with van der Waals surface area (Å²) in [6.07, 6.45) is 1.87. The summed E-state index contributed by atoms with van der Waals surface area (Å²) in [7, 11) is -0.537. The van der Waals surface area contributed by atoms with Crippen LogP contribution in [0.2, 0.25) is 0 Å². The molecule has 0 bridgehead atoms. The summed E-state index contributed by atoms with van der Waals surface area (Å²) in [6, 6.07) is 12.4. The Morgan fingerprint density at radius 3 is 2.56 bits per heavy atom. The summed E-state index contributed by atoms with van der Waals surface area (Å²) in [5.41, 5.74) is 2.99. The van der Waals surface area contributed by atoms with Crippen molar-refractivity contribution in [2.24, 2.45) is 0 Å². The molecule has 1 aliphatic carbocycles. The van der Waals surface area contributed by atoms with Gasteiger partial charge in [-0.3, -0.25) is 0 Å². The fourth-order valence-electron chi connectivity index (χ4n) is 5.01. The first-order valence-electron chi connectivity index (χ1n) is 11.3. The van der Waals surface area contributed by atoms with Gasteiger partial charge in [0.2, 0.25) is 16.8 Å². The second kappa shape index (κ2) is 9.31. The fourth-order valence-corrected chi connectivity index (χ4v) is 6.65. The van der Waals surface area contributed by atoms with Crippen molar-refractivity contribution in [3.8, 4) is 11.5 Å². The molecule has 0 saturated carbocycles. The van der Waals surface area contributed by atoms with Crippen LogP contribution in [-0.2, 0) is 24.2 Å². The van der Waals surface area contributed by atoms with Gasteiger partial charge in [-0.05, 0) is 48.7 Å². The highest BCUT2D eigenvalue weighted by Gasteiger charge is 2.48. The molecule has 2 heterocycles. The number of sulfonamides is 1. The number of aryl methyl sites for hydroxylation is 1. The third-order valence-electron chi connectivity index (χ3n) is 6.78. The number of nitrogens with zero attached hydrogens (tertiary/aromatic N) is 1. The summed E-state index contributed by atoms with van der Waals surface area (Å²) >= 11 is 0. The van der Waals surface area contributed by atoms with Crippen molar-refractivity contribution in [2.75, 3.05) is 34.4 Å². The van der Waals surface area contributed by atoms with Gasteiger partial charge in [0.05, 0.1) is 11.0 Å². The molecule has 4 atom stereocenters. The van der Waals surface area contributed by atoms with Gasteiger partial charge < -0.3 is 23.7 Å². The van der Waals surface area contributed by atoms with Crippen LogP contribution < -0.4 is 9.47 Å². The van der Waals surface area contributed by atoms with E-state index in [9.17, 15) is 8.42 Å². The molecule has 0 amide bonds. The van der Waals surface area contributed by atoms with E-state index in [1.54, 1.807) is 30.7 Å². The van der Waals surface area contributed by atoms with Crippen LogP contribution in [-0.4, -0.2) is 65.3 Å². The van der Waals surface area contributed by atoms with E-state index < -0.39 is 10.0 Å². The third kappa shape index (κ3) is 4.12. The van der Waals surface area contributed by atoms with E-state index in [1.165, 1.54) is 0 Å². The first-order valence-corrected chi connectivity index (χ1v) is 12.7. The molecule has 0 radical (unpaired) electrons. The van der Waals surface area contributed by atoms with Crippen LogP contribution in [0, 0.1) is 6.92 Å². The lowest BCUT2D eigenvalue weighted by atomic mass is 9.83. The van der Waals surface area contributed by atoms with E-state index in [0.717, 1.165) is 16.7 Å². The molecule has 9 heteroatoms. The number of hydrogen-bond acceptors (Lipinski definition) is 7. The molecule has 8 nitrogen and oxygen atoms in total. The molecule has 3 aliphatic rings. The number of ether oxygens (including phenoxy) is 5. The Hall–Kier alpha value is -2.43. The zero-order chi connectivity index (χ0) is 23.9. The Balaban J connectivity index is 1.56. The molecule has 2 aromatic carbocycles. The average molecular weight is 488 g/mol. The quantitative estimate of drug-likeness (QED) is 0.438. The van der Waals surface area contributed by atoms with Crippen LogP contribution in [0.5, 0.6) is 11.5 Å². The van der Waals surface area contributed by atoms with Crippen LogP contribution >= 0.6 is 0 Å². The van der Waals surface area contributed by atoms with E-state index in [4.69, 9.17) is 23.7 Å². The fraction of sp³-hybridized carbons (Fsp3) is 0.440. The van der Waals surface area contributed by atoms with Gasteiger partial charge >= 0.3 is 0 Å². The van der Waals surface area contributed by atoms with E-state index in [1.807, 2.05) is 43.3 Å². The van der Waals surface area contributed by atoms with Gasteiger partial charge in [-0.1, -0.05) is 29.8 Å². The molecule has 182 valence electrons. The van der Waals surface area contributed by atoms with Crippen molar-refractivity contribution in [2.45, 2.75) is 42.4 Å². The zero-order valence-electron chi connectivity index (χ0n) is 19.5. The Morgan fingerprint density at radius 1 is 1.06 bits per heavy atom. The minimum Gasteiger partial charge on any atom is -0.454 e. The minimum absolute atomic E-state index is 0.124. The van der Waals surface area contributed by atoms with Gasteiger partial charge in [-0.15, -0.1) is 0 Å². The molecule has 1 fully saturated rings. The number of benzene rings is 2. The number of rotatable bonds is 7. The highest BCUT2D eigenvalue weighted by Crippen LogP contribution is 2.46. The van der Waals surface area contributed by atoms with Crippen LogP contribution in [0.1, 0.15) is 23.5 Å². The molecule has 2 aromatic rings. The van der Waals surface area contributed by atoms with Crippen LogP contribution in [0.15, 0.2) is 59.0 Å². The molecule has 0 spiro atoms. The second-order valence-electron chi connectivity index (χ2n) is 8.78. The highest BCUT2D eigenvalue weighted by molar-refractivity contribution is 7.89. The number of methoxy groups -OCH3 is 2. The molecular weight excluding hydrogens is 458 g/mol. The Bertz CT molecular complexity index is 1180. The van der Waals surface area contributed by atoms with Gasteiger partial charge in [0, 0.05) is 32.7 Å². The molecule has 0 N–H and O–H groups in total. The van der Waals surface area contributed by atoms with E-state index in [2.05, 4.69) is 0 Å². The standard InChI is InChI=1S/C25H29NO7S/c1-16-4-7-18(8-5-16)34(27,28)26-13-20(17-6-9-22-24(10-17)33-15-32-22)19-11-25(31-14-29-2)23(30-3)12-21(19)26/h4-11,20-21,23,25H,12-15H2,1-3H3/t20-,21+,23-,25+/m0/s1. The van der Waals surface area contributed by atoms with E-state index >= 15 is 0 Å². The largest absolute Gasteiger partial charge is 0.454 e. The van der Waals surface area contributed by atoms with Gasteiger partial charge in [-0.25, -0.2) is 8.42 Å². The average Bonchev–Trinajstić information content (AvgIpc) is 3.46. The van der Waals surface area contributed by atoms with Crippen LogP contribution in [0.3, 0.4) is 0 Å². The summed E-state index contributed by atoms with van der Waals surface area (Å²) < 4.78 is 56.9. The number of fused-ring (bicyclic) bond motifs is 2. The predicted octanol–water partition coefficient (Wildman–Crippen LogP) is 3.21. The monoisotopic (exact) mass is 487 g/mol. The first-order chi connectivity index (χ1) is 16.4. The third-order valence-corrected chi connectivity index (χ3v) is 8.67. The van der Waals surface area contributed by atoms with Crippen molar-refractivity contribution < 1.29 is 32.1 Å². The normalized spacial score (nSPS) is 26.4. The molecular formula is C25H29NO7S. The summed E-state index contributed by atoms with van der Waals surface area (Å²) in [5, 5.41) is 0. The van der Waals surface area contributed by atoms with Gasteiger partial charge in [0.25, 0.3) is 0 Å². The highest BCUT2D eigenvalue weighted by atomic mass is 32.2. The maximum absolute atomic E-state index is 13.8. The smallest absolute Gasteiger partial charge is 0.243 e. The SMILES string of the molecule is COCO[C@@H]1C=C2[C@H](c3ccc4c(c3)OCO4)CN(S(=O)(=O)c3ccc(C)cc3)[C@@H]2C[C@@H]1OC. The topological polar surface area (TPSA) is 83.5 Å². The van der Waals surface area contributed by atoms with Crippen molar-refractivity contribution in [1.29, 1.82) is 0 Å². The van der Waals surface area contributed by atoms with Gasteiger partial charge in [0.15, 0.2) is 11.5 Å². The lowest BCUT2D eigenvalue weighted by Crippen LogP contribution is -2.44. The maximum Gasteiger partial charge on any atom is 0.243 e. The molecule has 1 saturated heterocycles. The first kappa shape index (κ1) is 23.3. The summed E-state index contributed by atoms with van der Waals surface area (Å²) in [6.45, 7) is 2.57.